The van der Waals surface area contributed by atoms with Crippen LogP contribution in [0.25, 0.3) is 5.69 Å². The molecule has 0 saturated carbocycles. The molecule has 4 rings (SSSR count). The number of ether oxygens (including phenoxy) is 1. The first-order valence-electron chi connectivity index (χ1n) is 12.0. The highest BCUT2D eigenvalue weighted by atomic mass is 16.5. The van der Waals surface area contributed by atoms with E-state index in [0.717, 1.165) is 47.6 Å². The van der Waals surface area contributed by atoms with Crippen molar-refractivity contribution in [3.8, 4) is 11.4 Å². The number of phenols is 1. The second kappa shape index (κ2) is 11.4. The van der Waals surface area contributed by atoms with Gasteiger partial charge in [0, 0.05) is 6.42 Å². The highest BCUT2D eigenvalue weighted by molar-refractivity contribution is 5.90. The van der Waals surface area contributed by atoms with Crippen LogP contribution >= 0.6 is 0 Å². The Hall–Kier alpha value is -4.06. The topological polar surface area (TPSA) is 76.4 Å². The summed E-state index contributed by atoms with van der Waals surface area (Å²) >= 11 is 0. The van der Waals surface area contributed by atoms with E-state index in [9.17, 15) is 9.90 Å². The van der Waals surface area contributed by atoms with Crippen LogP contribution in [0.2, 0.25) is 0 Å². The number of aryl methyl sites for hydroxylation is 2. The quantitative estimate of drug-likeness (QED) is 0.214. The molecule has 0 atom stereocenters. The van der Waals surface area contributed by atoms with Crippen molar-refractivity contribution in [1.29, 1.82) is 0 Å². The van der Waals surface area contributed by atoms with Gasteiger partial charge in [0.1, 0.15) is 18.2 Å². The molecule has 0 radical (unpaired) electrons. The van der Waals surface area contributed by atoms with E-state index in [0.29, 0.717) is 17.8 Å². The van der Waals surface area contributed by atoms with Crippen LogP contribution in [0.5, 0.6) is 5.75 Å². The number of hydrogen-bond acceptors (Lipinski definition) is 5. The third-order valence-electron chi connectivity index (χ3n) is 5.91. The molecule has 180 valence electrons. The molecule has 0 fully saturated rings. The summed E-state index contributed by atoms with van der Waals surface area (Å²) in [5, 5.41) is 13.4. The third kappa shape index (κ3) is 5.90. The molecule has 0 bridgehead atoms. The summed E-state index contributed by atoms with van der Waals surface area (Å²) in [6, 6.07) is 22.5. The third-order valence-corrected chi connectivity index (χ3v) is 5.91. The maximum Gasteiger partial charge on any atom is 0.338 e. The van der Waals surface area contributed by atoms with Gasteiger partial charge in [-0.25, -0.2) is 9.78 Å². The molecule has 0 saturated heterocycles. The number of imidazole rings is 1. The number of rotatable bonds is 10. The number of phenolic OH excluding ortho intramolecular Hbond substituents is 1. The molecule has 1 heterocycles. The van der Waals surface area contributed by atoms with E-state index in [-0.39, 0.29) is 18.3 Å². The standard InChI is InChI=1S/C29H31N3O3/c1-3-4-14-28-31-19-24(18-30-25-12-8-9-13-27(25)33)32(28)26-16-15-23(17-21(26)2)29(34)35-20-22-10-6-5-7-11-22/h5-13,15-17,19,30,33H,3-4,14,18,20H2,1-2H3. The van der Waals surface area contributed by atoms with Crippen LogP contribution in [-0.2, 0) is 24.3 Å². The summed E-state index contributed by atoms with van der Waals surface area (Å²) in [6.07, 6.45) is 4.84. The molecule has 0 spiro atoms. The molecular formula is C29H31N3O3. The molecule has 2 N–H and O–H groups in total. The predicted molar refractivity (Wildman–Crippen MR) is 138 cm³/mol. The fraction of sp³-hybridized carbons (Fsp3) is 0.241. The number of hydrogen-bond donors (Lipinski definition) is 2. The van der Waals surface area contributed by atoms with Crippen molar-refractivity contribution in [2.24, 2.45) is 0 Å². The first-order chi connectivity index (χ1) is 17.1. The van der Waals surface area contributed by atoms with Crippen molar-refractivity contribution >= 4 is 11.7 Å². The van der Waals surface area contributed by atoms with Crippen molar-refractivity contribution in [1.82, 2.24) is 9.55 Å². The summed E-state index contributed by atoms with van der Waals surface area (Å²) in [5.41, 5.74) is 5.05. The molecule has 0 amide bonds. The van der Waals surface area contributed by atoms with E-state index in [1.807, 2.05) is 67.7 Å². The maximum atomic E-state index is 12.7. The number of anilines is 1. The van der Waals surface area contributed by atoms with Crippen LogP contribution in [0.1, 0.15) is 52.8 Å². The van der Waals surface area contributed by atoms with Gasteiger partial charge < -0.3 is 15.2 Å². The fourth-order valence-corrected chi connectivity index (χ4v) is 4.01. The largest absolute Gasteiger partial charge is 0.506 e. The second-order valence-corrected chi connectivity index (χ2v) is 8.54. The van der Waals surface area contributed by atoms with Crippen molar-refractivity contribution in [3.63, 3.8) is 0 Å². The summed E-state index contributed by atoms with van der Waals surface area (Å²) < 4.78 is 7.66. The summed E-state index contributed by atoms with van der Waals surface area (Å²) in [4.78, 5) is 17.4. The Labute approximate surface area is 206 Å². The molecule has 0 unspecified atom stereocenters. The SMILES string of the molecule is CCCCc1ncc(CNc2ccccc2O)n1-c1ccc(C(=O)OCc2ccccc2)cc1C. The van der Waals surface area contributed by atoms with Crippen LogP contribution in [0.4, 0.5) is 5.69 Å². The number of benzene rings is 3. The zero-order valence-corrected chi connectivity index (χ0v) is 20.2. The summed E-state index contributed by atoms with van der Waals surface area (Å²) in [5.74, 6) is 0.838. The minimum Gasteiger partial charge on any atom is -0.506 e. The average molecular weight is 470 g/mol. The van der Waals surface area contributed by atoms with E-state index in [1.165, 1.54) is 0 Å². The zero-order valence-electron chi connectivity index (χ0n) is 20.2. The Morgan fingerprint density at radius 3 is 2.57 bits per heavy atom. The van der Waals surface area contributed by atoms with Crippen LogP contribution in [0.15, 0.2) is 79.0 Å². The monoisotopic (exact) mass is 469 g/mol. The average Bonchev–Trinajstić information content (AvgIpc) is 3.28. The smallest absolute Gasteiger partial charge is 0.338 e. The van der Waals surface area contributed by atoms with Gasteiger partial charge in [-0.15, -0.1) is 0 Å². The van der Waals surface area contributed by atoms with Gasteiger partial charge in [-0.2, -0.15) is 0 Å². The first kappa shape index (κ1) is 24.1. The molecule has 0 aliphatic rings. The second-order valence-electron chi connectivity index (χ2n) is 8.54. The molecule has 6 heteroatoms. The van der Waals surface area contributed by atoms with Crippen LogP contribution in [0.3, 0.4) is 0 Å². The number of unbranched alkanes of at least 4 members (excludes halogenated alkanes) is 1. The van der Waals surface area contributed by atoms with Gasteiger partial charge in [-0.05, 0) is 54.8 Å². The highest BCUT2D eigenvalue weighted by Crippen LogP contribution is 2.25. The van der Waals surface area contributed by atoms with Gasteiger partial charge in [0.2, 0.25) is 0 Å². The zero-order chi connectivity index (χ0) is 24.6. The van der Waals surface area contributed by atoms with E-state index >= 15 is 0 Å². The van der Waals surface area contributed by atoms with E-state index in [2.05, 4.69) is 16.8 Å². The van der Waals surface area contributed by atoms with Crippen molar-refractivity contribution in [2.45, 2.75) is 46.3 Å². The number of esters is 1. The minimum atomic E-state index is -0.346. The van der Waals surface area contributed by atoms with Crippen LogP contribution in [0, 0.1) is 6.92 Å². The number of nitrogens with one attached hydrogen (secondary N) is 1. The number of nitrogens with zero attached hydrogens (tertiary/aromatic N) is 2. The Balaban J connectivity index is 1.56. The molecule has 6 nitrogen and oxygen atoms in total. The fourth-order valence-electron chi connectivity index (χ4n) is 4.01. The predicted octanol–water partition coefficient (Wildman–Crippen LogP) is 6.20. The van der Waals surface area contributed by atoms with Crippen LogP contribution in [-0.4, -0.2) is 20.6 Å². The van der Waals surface area contributed by atoms with Crippen molar-refractivity contribution in [3.05, 3.63) is 107 Å². The van der Waals surface area contributed by atoms with E-state index < -0.39 is 0 Å². The Morgan fingerprint density at radius 1 is 1.06 bits per heavy atom. The maximum absolute atomic E-state index is 12.7. The molecule has 4 aromatic rings. The first-order valence-corrected chi connectivity index (χ1v) is 12.0. The highest BCUT2D eigenvalue weighted by Gasteiger charge is 2.16. The van der Waals surface area contributed by atoms with E-state index in [4.69, 9.17) is 9.72 Å². The van der Waals surface area contributed by atoms with Gasteiger partial charge in [0.05, 0.1) is 35.4 Å². The van der Waals surface area contributed by atoms with E-state index in [1.54, 1.807) is 18.2 Å². The molecular weight excluding hydrogens is 438 g/mol. The Bertz CT molecular complexity index is 1280. The lowest BCUT2D eigenvalue weighted by molar-refractivity contribution is 0.0472. The Kier molecular flexibility index (Phi) is 7.83. The van der Waals surface area contributed by atoms with Crippen molar-refractivity contribution in [2.75, 3.05) is 5.32 Å². The minimum absolute atomic E-state index is 0.208. The van der Waals surface area contributed by atoms with Crippen molar-refractivity contribution < 1.29 is 14.6 Å². The summed E-state index contributed by atoms with van der Waals surface area (Å²) in [7, 11) is 0. The molecule has 35 heavy (non-hydrogen) atoms. The molecule has 1 aromatic heterocycles. The lowest BCUT2D eigenvalue weighted by atomic mass is 10.1. The van der Waals surface area contributed by atoms with Gasteiger partial charge in [0.15, 0.2) is 0 Å². The number of aromatic hydroxyl groups is 1. The molecule has 3 aromatic carbocycles. The number of carbonyl (C=O) groups is 1. The van der Waals surface area contributed by atoms with Gasteiger partial charge >= 0.3 is 5.97 Å². The normalized spacial score (nSPS) is 10.8. The molecule has 0 aliphatic heterocycles. The lowest BCUT2D eigenvalue weighted by Gasteiger charge is -2.16. The summed E-state index contributed by atoms with van der Waals surface area (Å²) in [6.45, 7) is 4.89. The van der Waals surface area contributed by atoms with Gasteiger partial charge in [-0.3, -0.25) is 4.57 Å². The number of aromatic nitrogens is 2. The number of carbonyl (C=O) groups excluding carboxylic acids is 1. The molecule has 0 aliphatic carbocycles. The Morgan fingerprint density at radius 2 is 1.83 bits per heavy atom. The lowest BCUT2D eigenvalue weighted by Crippen LogP contribution is -2.12. The van der Waals surface area contributed by atoms with Gasteiger partial charge in [-0.1, -0.05) is 55.8 Å². The van der Waals surface area contributed by atoms with Crippen LogP contribution < -0.4 is 5.32 Å². The van der Waals surface area contributed by atoms with Gasteiger partial charge in [0.25, 0.3) is 0 Å². The number of para-hydroxylation sites is 2.